The average molecular weight is 308 g/mol. The van der Waals surface area contributed by atoms with Crippen molar-refractivity contribution in [3.63, 3.8) is 0 Å². The van der Waals surface area contributed by atoms with Gasteiger partial charge in [-0.15, -0.1) is 0 Å². The van der Waals surface area contributed by atoms with E-state index >= 15 is 0 Å². The normalized spacial score (nSPS) is 12.0. The van der Waals surface area contributed by atoms with Crippen molar-refractivity contribution >= 4 is 21.1 Å². The smallest absolute Gasteiger partial charge is 0.323 e. The highest BCUT2D eigenvalue weighted by Crippen LogP contribution is 2.15. The number of oxazole rings is 1. The summed E-state index contributed by atoms with van der Waals surface area (Å²) in [6, 6.07) is 4.34. The Morgan fingerprint density at radius 3 is 2.76 bits per heavy atom. The maximum atomic E-state index is 12.2. The van der Waals surface area contributed by atoms with Gasteiger partial charge < -0.3 is 14.4 Å². The van der Waals surface area contributed by atoms with E-state index in [0.29, 0.717) is 22.5 Å². The number of nitrogens with one attached hydrogen (secondary N) is 3. The number of imidazole rings is 1. The summed E-state index contributed by atoms with van der Waals surface area (Å²) in [5, 5.41) is 0. The van der Waals surface area contributed by atoms with Gasteiger partial charge in [-0.05, 0) is 25.1 Å². The van der Waals surface area contributed by atoms with Crippen LogP contribution in [0.2, 0.25) is 0 Å². The predicted octanol–water partition coefficient (Wildman–Crippen LogP) is 0.631. The van der Waals surface area contributed by atoms with E-state index in [4.69, 9.17) is 4.42 Å². The number of hydrogen-bond acceptors (Lipinski definition) is 5. The maximum absolute atomic E-state index is 12.2. The number of rotatable bonds is 4. The van der Waals surface area contributed by atoms with Crippen molar-refractivity contribution in [1.82, 2.24) is 19.7 Å². The van der Waals surface area contributed by atoms with Crippen LogP contribution in [0.4, 0.5) is 0 Å². The molecular formula is C12H12N4O4S. The highest BCUT2D eigenvalue weighted by Gasteiger charge is 2.16. The van der Waals surface area contributed by atoms with Crippen LogP contribution < -0.4 is 10.4 Å². The summed E-state index contributed by atoms with van der Waals surface area (Å²) >= 11 is 0. The van der Waals surface area contributed by atoms with E-state index in [1.54, 1.807) is 6.92 Å². The number of fused-ring (bicyclic) bond motifs is 1. The summed E-state index contributed by atoms with van der Waals surface area (Å²) in [6.45, 7) is 1.74. The molecule has 110 valence electrons. The maximum Gasteiger partial charge on any atom is 0.323 e. The first-order chi connectivity index (χ1) is 9.95. The Hall–Kier alpha value is -2.39. The third kappa shape index (κ3) is 2.60. The minimum absolute atomic E-state index is 0.00978. The van der Waals surface area contributed by atoms with E-state index in [2.05, 4.69) is 19.7 Å². The van der Waals surface area contributed by atoms with Gasteiger partial charge in [0, 0.05) is 0 Å². The van der Waals surface area contributed by atoms with Crippen LogP contribution in [0, 0.1) is 6.92 Å². The fourth-order valence-electron chi connectivity index (χ4n) is 1.92. The molecule has 0 saturated carbocycles. The largest absolute Gasteiger partial charge is 0.447 e. The van der Waals surface area contributed by atoms with Crippen molar-refractivity contribution in [3.05, 3.63) is 46.5 Å². The molecule has 0 radical (unpaired) electrons. The number of nitrogens with zero attached hydrogens (tertiary/aromatic N) is 1. The topological polar surface area (TPSA) is 121 Å². The van der Waals surface area contributed by atoms with Crippen LogP contribution in [0.15, 0.2) is 38.7 Å². The molecule has 0 atom stereocenters. The SMILES string of the molecule is Cc1ncoc1CNS(=O)(=O)c1ccc2[nH]c(=O)[nH]c2c1. The third-order valence-electron chi connectivity index (χ3n) is 3.07. The zero-order valence-corrected chi connectivity index (χ0v) is 11.8. The number of sulfonamides is 1. The van der Waals surface area contributed by atoms with E-state index in [-0.39, 0.29) is 17.1 Å². The molecular weight excluding hydrogens is 296 g/mol. The van der Waals surface area contributed by atoms with Crippen LogP contribution in [0.5, 0.6) is 0 Å². The summed E-state index contributed by atoms with van der Waals surface area (Å²) in [5.74, 6) is 0.453. The second kappa shape index (κ2) is 4.86. The van der Waals surface area contributed by atoms with E-state index < -0.39 is 10.0 Å². The lowest BCUT2D eigenvalue weighted by Gasteiger charge is -2.05. The third-order valence-corrected chi connectivity index (χ3v) is 4.46. The van der Waals surface area contributed by atoms with Gasteiger partial charge in [-0.3, -0.25) is 0 Å². The molecule has 0 spiro atoms. The van der Waals surface area contributed by atoms with Crippen LogP contribution in [0.1, 0.15) is 11.5 Å². The van der Waals surface area contributed by atoms with Crippen LogP contribution >= 0.6 is 0 Å². The number of aryl methyl sites for hydroxylation is 1. The van der Waals surface area contributed by atoms with Crippen LogP contribution in [0.25, 0.3) is 11.0 Å². The Morgan fingerprint density at radius 1 is 1.29 bits per heavy atom. The molecule has 2 aromatic heterocycles. The van der Waals surface area contributed by atoms with Crippen molar-refractivity contribution in [2.24, 2.45) is 0 Å². The molecule has 0 aliphatic heterocycles. The lowest BCUT2D eigenvalue weighted by molar-refractivity contribution is 0.492. The summed E-state index contributed by atoms with van der Waals surface area (Å²) in [4.78, 5) is 20.2. The molecule has 0 saturated heterocycles. The molecule has 0 unspecified atom stereocenters. The monoisotopic (exact) mass is 308 g/mol. The Kier molecular flexibility index (Phi) is 3.15. The van der Waals surface area contributed by atoms with Crippen molar-refractivity contribution in [2.75, 3.05) is 0 Å². The first-order valence-corrected chi connectivity index (χ1v) is 7.55. The minimum Gasteiger partial charge on any atom is -0.447 e. The molecule has 9 heteroatoms. The zero-order chi connectivity index (χ0) is 15.0. The lowest BCUT2D eigenvalue weighted by Crippen LogP contribution is -2.23. The van der Waals surface area contributed by atoms with E-state index in [1.807, 2.05) is 0 Å². The van der Waals surface area contributed by atoms with Crippen LogP contribution in [-0.2, 0) is 16.6 Å². The highest BCUT2D eigenvalue weighted by atomic mass is 32.2. The molecule has 0 fully saturated rings. The van der Waals surface area contributed by atoms with Gasteiger partial charge in [0.1, 0.15) is 5.76 Å². The van der Waals surface area contributed by atoms with Gasteiger partial charge in [-0.1, -0.05) is 0 Å². The lowest BCUT2D eigenvalue weighted by atomic mass is 10.3. The van der Waals surface area contributed by atoms with Crippen molar-refractivity contribution in [1.29, 1.82) is 0 Å². The summed E-state index contributed by atoms with van der Waals surface area (Å²) in [6.07, 6.45) is 1.26. The number of H-pyrrole nitrogens is 2. The molecule has 3 N–H and O–H groups in total. The molecule has 21 heavy (non-hydrogen) atoms. The molecule has 8 nitrogen and oxygen atoms in total. The van der Waals surface area contributed by atoms with Gasteiger partial charge in [0.05, 0.1) is 28.2 Å². The predicted molar refractivity (Wildman–Crippen MR) is 74.2 cm³/mol. The van der Waals surface area contributed by atoms with E-state index in [0.717, 1.165) is 0 Å². The summed E-state index contributed by atoms with van der Waals surface area (Å²) < 4.78 is 31.9. The molecule has 3 rings (SSSR count). The number of benzene rings is 1. The van der Waals surface area contributed by atoms with Gasteiger partial charge >= 0.3 is 5.69 Å². The van der Waals surface area contributed by atoms with E-state index in [9.17, 15) is 13.2 Å². The Morgan fingerprint density at radius 2 is 2.05 bits per heavy atom. The quantitative estimate of drug-likeness (QED) is 0.653. The van der Waals surface area contributed by atoms with Crippen LogP contribution in [-0.4, -0.2) is 23.4 Å². The molecule has 0 aliphatic rings. The summed E-state index contributed by atoms with van der Waals surface area (Å²) in [5.41, 5.74) is 1.22. The fourth-order valence-corrected chi connectivity index (χ4v) is 2.93. The van der Waals surface area contributed by atoms with Crippen molar-refractivity contribution < 1.29 is 12.8 Å². The Labute approximate surface area is 119 Å². The molecule has 1 aromatic carbocycles. The first-order valence-electron chi connectivity index (χ1n) is 6.06. The van der Waals surface area contributed by atoms with Gasteiger partial charge in [-0.2, -0.15) is 0 Å². The van der Waals surface area contributed by atoms with Gasteiger partial charge in [0.25, 0.3) is 0 Å². The van der Waals surface area contributed by atoms with Gasteiger partial charge in [0.15, 0.2) is 6.39 Å². The second-order valence-corrected chi connectivity index (χ2v) is 6.24. The number of aromatic amines is 2. The summed E-state index contributed by atoms with van der Waals surface area (Å²) in [7, 11) is -3.71. The second-order valence-electron chi connectivity index (χ2n) is 4.47. The van der Waals surface area contributed by atoms with Gasteiger partial charge in [-0.25, -0.2) is 22.9 Å². The minimum atomic E-state index is -3.71. The molecule has 0 bridgehead atoms. The fraction of sp³-hybridized carbons (Fsp3) is 0.167. The Bertz CT molecular complexity index is 951. The average Bonchev–Trinajstić information content (AvgIpc) is 3.00. The standard InChI is InChI=1S/C12H12N4O4S/c1-7-11(20-6-13-7)5-14-21(18,19)8-2-3-9-10(4-8)16-12(17)15-9/h2-4,6,14H,5H2,1H3,(H2,15,16,17). The van der Waals surface area contributed by atoms with Crippen molar-refractivity contribution in [2.45, 2.75) is 18.4 Å². The van der Waals surface area contributed by atoms with Gasteiger partial charge in [0.2, 0.25) is 10.0 Å². The molecule has 3 aromatic rings. The van der Waals surface area contributed by atoms with Crippen LogP contribution in [0.3, 0.4) is 0 Å². The van der Waals surface area contributed by atoms with Crippen molar-refractivity contribution in [3.8, 4) is 0 Å². The molecule has 0 amide bonds. The zero-order valence-electron chi connectivity index (χ0n) is 11.0. The first kappa shape index (κ1) is 13.6. The number of hydrogen-bond donors (Lipinski definition) is 3. The Balaban J connectivity index is 1.89. The van der Waals surface area contributed by atoms with E-state index in [1.165, 1.54) is 24.6 Å². The molecule has 0 aliphatic carbocycles. The highest BCUT2D eigenvalue weighted by molar-refractivity contribution is 7.89. The number of aromatic nitrogens is 3. The molecule has 2 heterocycles.